The third-order valence-corrected chi connectivity index (χ3v) is 5.33. The minimum Gasteiger partial charge on any atom is -0.358 e. The number of rotatable bonds is 7. The predicted molar refractivity (Wildman–Crippen MR) is 108 cm³/mol. The maximum atomic E-state index is 10.9. The summed E-state index contributed by atoms with van der Waals surface area (Å²) in [6.45, 7) is 4.33. The summed E-state index contributed by atoms with van der Waals surface area (Å²) in [6, 6.07) is 13.1. The molecule has 148 valence electrons. The first-order valence-corrected chi connectivity index (χ1v) is 9.69. The summed E-state index contributed by atoms with van der Waals surface area (Å²) >= 11 is 1.36. The number of nitro groups is 1. The standard InChI is InChI=1S/C18H18N8O2S/c1-12-10-16(26(27)28)23-25(12)13(2)17-20-21-18(29-17)19-15-8-9-24(22-15)11-14-6-4-3-5-7-14/h3-10,13H,11H2,1-2H3,(H,19,21,22)/t13-/m1/s1. The summed E-state index contributed by atoms with van der Waals surface area (Å²) in [4.78, 5) is 10.4. The van der Waals surface area contributed by atoms with E-state index in [4.69, 9.17) is 0 Å². The summed E-state index contributed by atoms with van der Waals surface area (Å²) in [7, 11) is 0. The second-order valence-electron chi connectivity index (χ2n) is 6.48. The Labute approximate surface area is 170 Å². The molecule has 29 heavy (non-hydrogen) atoms. The third kappa shape index (κ3) is 4.14. The molecule has 1 atom stereocenters. The van der Waals surface area contributed by atoms with Crippen LogP contribution >= 0.6 is 11.3 Å². The van der Waals surface area contributed by atoms with Crippen molar-refractivity contribution in [3.63, 3.8) is 0 Å². The van der Waals surface area contributed by atoms with Crippen molar-refractivity contribution >= 4 is 28.1 Å². The molecule has 0 saturated carbocycles. The molecular weight excluding hydrogens is 392 g/mol. The van der Waals surface area contributed by atoms with Crippen LogP contribution in [0.5, 0.6) is 0 Å². The number of aryl methyl sites for hydroxylation is 1. The quantitative estimate of drug-likeness (QED) is 0.366. The maximum absolute atomic E-state index is 10.9. The van der Waals surface area contributed by atoms with Gasteiger partial charge in [-0.15, -0.1) is 10.2 Å². The number of hydrogen-bond donors (Lipinski definition) is 1. The Kier molecular flexibility index (Phi) is 5.04. The fraction of sp³-hybridized carbons (Fsp3) is 0.222. The highest BCUT2D eigenvalue weighted by molar-refractivity contribution is 7.15. The molecule has 0 radical (unpaired) electrons. The Bertz CT molecular complexity index is 1130. The van der Waals surface area contributed by atoms with Crippen LogP contribution in [0.4, 0.5) is 16.8 Å². The molecule has 0 bridgehead atoms. The van der Waals surface area contributed by atoms with Crippen LogP contribution in [0, 0.1) is 17.0 Å². The SMILES string of the molecule is Cc1cc([N+](=O)[O-])nn1[C@H](C)c1nnc(Nc2ccn(Cc3ccccc3)n2)s1. The zero-order valence-corrected chi connectivity index (χ0v) is 16.6. The molecule has 0 aliphatic carbocycles. The summed E-state index contributed by atoms with van der Waals surface area (Å²) in [5, 5.41) is 32.3. The van der Waals surface area contributed by atoms with Crippen LogP contribution in [0.2, 0.25) is 0 Å². The summed E-state index contributed by atoms with van der Waals surface area (Å²) in [5.41, 5.74) is 1.85. The monoisotopic (exact) mass is 410 g/mol. The van der Waals surface area contributed by atoms with Gasteiger partial charge in [-0.2, -0.15) is 9.78 Å². The van der Waals surface area contributed by atoms with Gasteiger partial charge in [0.15, 0.2) is 5.82 Å². The smallest absolute Gasteiger partial charge is 0.358 e. The lowest BCUT2D eigenvalue weighted by Crippen LogP contribution is -2.10. The maximum Gasteiger partial charge on any atom is 0.390 e. The van der Waals surface area contributed by atoms with Crippen LogP contribution in [0.3, 0.4) is 0 Å². The summed E-state index contributed by atoms with van der Waals surface area (Å²) < 4.78 is 3.42. The van der Waals surface area contributed by atoms with E-state index in [9.17, 15) is 10.1 Å². The molecule has 0 spiro atoms. The van der Waals surface area contributed by atoms with E-state index in [2.05, 4.69) is 37.8 Å². The van der Waals surface area contributed by atoms with Gasteiger partial charge >= 0.3 is 5.82 Å². The second-order valence-corrected chi connectivity index (χ2v) is 7.49. The molecule has 3 heterocycles. The molecule has 0 aliphatic heterocycles. The lowest BCUT2D eigenvalue weighted by molar-refractivity contribution is -0.389. The van der Waals surface area contributed by atoms with Gasteiger partial charge in [0.25, 0.3) is 0 Å². The second kappa shape index (κ2) is 7.80. The topological polar surface area (TPSA) is 117 Å². The number of hydrogen-bond acceptors (Lipinski definition) is 8. The van der Waals surface area contributed by atoms with Gasteiger partial charge in [0.1, 0.15) is 11.0 Å². The Balaban J connectivity index is 1.45. The van der Waals surface area contributed by atoms with E-state index in [-0.39, 0.29) is 11.9 Å². The van der Waals surface area contributed by atoms with Crippen LogP contribution in [-0.4, -0.2) is 34.7 Å². The molecule has 3 aromatic heterocycles. The fourth-order valence-electron chi connectivity index (χ4n) is 2.91. The largest absolute Gasteiger partial charge is 0.390 e. The first-order valence-electron chi connectivity index (χ1n) is 8.88. The molecule has 10 nitrogen and oxygen atoms in total. The van der Waals surface area contributed by atoms with Crippen molar-refractivity contribution < 1.29 is 4.92 Å². The molecular formula is C18H18N8O2S. The zero-order chi connectivity index (χ0) is 20.4. The van der Waals surface area contributed by atoms with Gasteiger partial charge in [0.2, 0.25) is 5.13 Å². The van der Waals surface area contributed by atoms with Crippen LogP contribution < -0.4 is 5.32 Å². The molecule has 0 amide bonds. The Morgan fingerprint density at radius 2 is 2.00 bits per heavy atom. The molecule has 11 heteroatoms. The Morgan fingerprint density at radius 1 is 1.21 bits per heavy atom. The van der Waals surface area contributed by atoms with E-state index < -0.39 is 4.92 Å². The molecule has 1 aromatic carbocycles. The highest BCUT2D eigenvalue weighted by Crippen LogP contribution is 2.28. The van der Waals surface area contributed by atoms with Crippen LogP contribution in [-0.2, 0) is 6.54 Å². The average molecular weight is 410 g/mol. The molecule has 4 rings (SSSR count). The minimum absolute atomic E-state index is 0.179. The van der Waals surface area contributed by atoms with Crippen molar-refractivity contribution in [2.75, 3.05) is 5.32 Å². The highest BCUT2D eigenvalue weighted by Gasteiger charge is 2.23. The van der Waals surface area contributed by atoms with Gasteiger partial charge in [0.05, 0.1) is 23.4 Å². The molecule has 0 fully saturated rings. The fourth-order valence-corrected chi connectivity index (χ4v) is 3.69. The van der Waals surface area contributed by atoms with Crippen molar-refractivity contribution in [3.8, 4) is 0 Å². The van der Waals surface area contributed by atoms with Crippen LogP contribution in [0.1, 0.15) is 29.2 Å². The molecule has 4 aromatic rings. The molecule has 1 N–H and O–H groups in total. The van der Waals surface area contributed by atoms with Gasteiger partial charge in [-0.05, 0) is 24.3 Å². The first kappa shape index (κ1) is 18.7. The lowest BCUT2D eigenvalue weighted by Gasteiger charge is -2.05. The zero-order valence-electron chi connectivity index (χ0n) is 15.8. The van der Waals surface area contributed by atoms with Crippen molar-refractivity contribution in [1.29, 1.82) is 0 Å². The van der Waals surface area contributed by atoms with E-state index in [1.54, 1.807) is 11.6 Å². The highest BCUT2D eigenvalue weighted by atomic mass is 32.1. The Hall–Kier alpha value is -3.60. The molecule has 0 aliphatic rings. The van der Waals surface area contributed by atoms with Crippen LogP contribution in [0.15, 0.2) is 48.7 Å². The van der Waals surface area contributed by atoms with E-state index in [1.807, 2.05) is 42.1 Å². The Morgan fingerprint density at radius 3 is 2.72 bits per heavy atom. The van der Waals surface area contributed by atoms with E-state index in [1.165, 1.54) is 17.4 Å². The minimum atomic E-state index is -0.505. The average Bonchev–Trinajstić information content (AvgIpc) is 3.43. The molecule has 0 unspecified atom stereocenters. The van der Waals surface area contributed by atoms with Gasteiger partial charge in [-0.1, -0.05) is 41.7 Å². The number of nitrogens with zero attached hydrogens (tertiary/aromatic N) is 7. The van der Waals surface area contributed by atoms with Crippen LogP contribution in [0.25, 0.3) is 0 Å². The molecule has 0 saturated heterocycles. The predicted octanol–water partition coefficient (Wildman–Crippen LogP) is 3.55. The normalized spacial score (nSPS) is 12.1. The summed E-state index contributed by atoms with van der Waals surface area (Å²) in [6.07, 6.45) is 1.89. The van der Waals surface area contributed by atoms with E-state index in [0.717, 1.165) is 5.56 Å². The number of aromatic nitrogens is 6. The summed E-state index contributed by atoms with van der Waals surface area (Å²) in [5.74, 6) is 0.489. The van der Waals surface area contributed by atoms with Gasteiger partial charge < -0.3 is 15.4 Å². The number of benzene rings is 1. The van der Waals surface area contributed by atoms with Gasteiger partial charge in [-0.3, -0.25) is 4.68 Å². The van der Waals surface area contributed by atoms with Crippen molar-refractivity contribution in [1.82, 2.24) is 29.8 Å². The van der Waals surface area contributed by atoms with Crippen molar-refractivity contribution in [2.24, 2.45) is 0 Å². The third-order valence-electron chi connectivity index (χ3n) is 4.32. The number of nitrogens with one attached hydrogen (secondary N) is 1. The number of anilines is 2. The van der Waals surface area contributed by atoms with E-state index >= 15 is 0 Å². The first-order chi connectivity index (χ1) is 14.0. The van der Waals surface area contributed by atoms with Crippen molar-refractivity contribution in [2.45, 2.75) is 26.4 Å². The van der Waals surface area contributed by atoms with Gasteiger partial charge in [0, 0.05) is 12.3 Å². The van der Waals surface area contributed by atoms with Gasteiger partial charge in [-0.25, -0.2) is 0 Å². The van der Waals surface area contributed by atoms with Crippen molar-refractivity contribution in [3.05, 3.63) is 75.0 Å². The lowest BCUT2D eigenvalue weighted by atomic mass is 10.2. The van der Waals surface area contributed by atoms with E-state index in [0.29, 0.717) is 28.2 Å².